The zero-order valence-corrected chi connectivity index (χ0v) is 21.0. The molecule has 1 saturated heterocycles. The number of anilines is 1. The van der Waals surface area contributed by atoms with Crippen molar-refractivity contribution in [2.45, 2.75) is 44.8 Å². The third-order valence-electron chi connectivity index (χ3n) is 6.12. The van der Waals surface area contributed by atoms with Crippen LogP contribution in [0.2, 0.25) is 0 Å². The van der Waals surface area contributed by atoms with Crippen LogP contribution in [0.1, 0.15) is 37.7 Å². The van der Waals surface area contributed by atoms with Gasteiger partial charge in [-0.25, -0.2) is 0 Å². The van der Waals surface area contributed by atoms with Crippen molar-refractivity contribution in [3.05, 3.63) is 60.2 Å². The highest BCUT2D eigenvalue weighted by molar-refractivity contribution is 14.0. The van der Waals surface area contributed by atoms with E-state index in [-0.39, 0.29) is 41.9 Å². The number of nitrogens with zero attached hydrogens (tertiary/aromatic N) is 2. The van der Waals surface area contributed by atoms with Gasteiger partial charge in [-0.15, -0.1) is 24.0 Å². The predicted molar refractivity (Wildman–Crippen MR) is 140 cm³/mol. The molecule has 1 amide bonds. The SMILES string of the molecule is CN=C(NCc1cccc(NC(=O)C2CCC2)c1)N1CCC(Oc2ccccc2)CC1.I. The predicted octanol–water partition coefficient (Wildman–Crippen LogP) is 4.66. The lowest BCUT2D eigenvalue weighted by Gasteiger charge is -2.34. The molecule has 1 heterocycles. The lowest BCUT2D eigenvalue weighted by Crippen LogP contribution is -2.47. The number of nitrogens with one attached hydrogen (secondary N) is 2. The molecule has 1 aliphatic heterocycles. The second-order valence-electron chi connectivity index (χ2n) is 8.34. The highest BCUT2D eigenvalue weighted by atomic mass is 127. The standard InChI is InChI=1S/C25H32N4O2.HI/c1-26-25(29-15-13-23(14-16-29)31-22-11-3-2-4-12-22)27-18-19-7-5-10-21(17-19)28-24(30)20-8-6-9-20;/h2-5,7,10-12,17,20,23H,6,8-9,13-16,18H2,1H3,(H,26,27)(H,28,30);1H. The maximum atomic E-state index is 12.2. The number of likely N-dealkylation sites (tertiary alicyclic amines) is 1. The van der Waals surface area contributed by atoms with E-state index in [4.69, 9.17) is 4.74 Å². The number of amides is 1. The maximum absolute atomic E-state index is 12.2. The molecular formula is C25H33IN4O2. The van der Waals surface area contributed by atoms with Crippen LogP contribution in [0.5, 0.6) is 5.75 Å². The topological polar surface area (TPSA) is 66.0 Å². The first-order valence-electron chi connectivity index (χ1n) is 11.3. The van der Waals surface area contributed by atoms with Crippen molar-refractivity contribution in [2.75, 3.05) is 25.5 Å². The summed E-state index contributed by atoms with van der Waals surface area (Å²) in [6, 6.07) is 18.1. The Morgan fingerprint density at radius 2 is 1.81 bits per heavy atom. The molecule has 2 aromatic rings. The lowest BCUT2D eigenvalue weighted by molar-refractivity contribution is -0.122. The first-order valence-corrected chi connectivity index (χ1v) is 11.3. The molecule has 32 heavy (non-hydrogen) atoms. The Kier molecular flexibility index (Phi) is 9.20. The quantitative estimate of drug-likeness (QED) is 0.313. The molecule has 0 unspecified atom stereocenters. The van der Waals surface area contributed by atoms with Gasteiger partial charge in [0.1, 0.15) is 11.9 Å². The van der Waals surface area contributed by atoms with Gasteiger partial charge in [-0.3, -0.25) is 9.79 Å². The van der Waals surface area contributed by atoms with E-state index in [1.165, 1.54) is 0 Å². The first kappa shape index (κ1) is 24.4. The van der Waals surface area contributed by atoms with E-state index in [1.807, 2.05) is 55.6 Å². The van der Waals surface area contributed by atoms with Crippen molar-refractivity contribution in [3.63, 3.8) is 0 Å². The van der Waals surface area contributed by atoms with E-state index in [1.54, 1.807) is 0 Å². The van der Waals surface area contributed by atoms with E-state index >= 15 is 0 Å². The third-order valence-corrected chi connectivity index (χ3v) is 6.12. The highest BCUT2D eigenvalue weighted by Crippen LogP contribution is 2.27. The van der Waals surface area contributed by atoms with Gasteiger partial charge in [0, 0.05) is 51.1 Å². The number of halogens is 1. The van der Waals surface area contributed by atoms with Crippen LogP contribution >= 0.6 is 24.0 Å². The molecule has 2 aromatic carbocycles. The Labute approximate surface area is 207 Å². The van der Waals surface area contributed by atoms with Gasteiger partial charge in [-0.05, 0) is 42.7 Å². The Morgan fingerprint density at radius 3 is 2.47 bits per heavy atom. The van der Waals surface area contributed by atoms with Crippen molar-refractivity contribution in [1.82, 2.24) is 10.2 Å². The molecule has 0 atom stereocenters. The molecular weight excluding hydrogens is 515 g/mol. The molecule has 0 radical (unpaired) electrons. The van der Waals surface area contributed by atoms with Gasteiger partial charge >= 0.3 is 0 Å². The van der Waals surface area contributed by atoms with E-state index in [2.05, 4.69) is 26.6 Å². The van der Waals surface area contributed by atoms with E-state index in [0.29, 0.717) is 6.54 Å². The molecule has 6 nitrogen and oxygen atoms in total. The van der Waals surface area contributed by atoms with E-state index in [9.17, 15) is 4.79 Å². The molecule has 2 aliphatic rings. The molecule has 0 bridgehead atoms. The summed E-state index contributed by atoms with van der Waals surface area (Å²) in [7, 11) is 1.82. The van der Waals surface area contributed by atoms with Crippen LogP contribution in [0.4, 0.5) is 5.69 Å². The fraction of sp³-hybridized carbons (Fsp3) is 0.440. The lowest BCUT2D eigenvalue weighted by atomic mass is 9.85. The number of hydrogen-bond donors (Lipinski definition) is 2. The minimum atomic E-state index is 0. The largest absolute Gasteiger partial charge is 0.490 e. The smallest absolute Gasteiger partial charge is 0.227 e. The van der Waals surface area contributed by atoms with Gasteiger partial charge in [-0.2, -0.15) is 0 Å². The average molecular weight is 548 g/mol. The van der Waals surface area contributed by atoms with Crippen molar-refractivity contribution < 1.29 is 9.53 Å². The molecule has 2 fully saturated rings. The normalized spacial score (nSPS) is 17.2. The maximum Gasteiger partial charge on any atom is 0.227 e. The molecule has 4 rings (SSSR count). The van der Waals surface area contributed by atoms with E-state index in [0.717, 1.165) is 68.2 Å². The van der Waals surface area contributed by atoms with Crippen LogP contribution in [-0.2, 0) is 11.3 Å². The minimum Gasteiger partial charge on any atom is -0.490 e. The summed E-state index contributed by atoms with van der Waals surface area (Å²) < 4.78 is 6.10. The molecule has 172 valence electrons. The van der Waals surface area contributed by atoms with E-state index < -0.39 is 0 Å². The molecule has 0 spiro atoms. The fourth-order valence-corrected chi connectivity index (χ4v) is 4.06. The van der Waals surface area contributed by atoms with Crippen molar-refractivity contribution in [3.8, 4) is 5.75 Å². The number of guanidine groups is 1. The fourth-order valence-electron chi connectivity index (χ4n) is 4.06. The van der Waals surface area contributed by atoms with Crippen LogP contribution < -0.4 is 15.4 Å². The second-order valence-corrected chi connectivity index (χ2v) is 8.34. The number of carbonyl (C=O) groups excluding carboxylic acids is 1. The Morgan fingerprint density at radius 1 is 1.06 bits per heavy atom. The third kappa shape index (κ3) is 6.60. The van der Waals surface area contributed by atoms with Gasteiger partial charge in [0.15, 0.2) is 5.96 Å². The summed E-state index contributed by atoms with van der Waals surface area (Å²) in [5.74, 6) is 2.18. The summed E-state index contributed by atoms with van der Waals surface area (Å²) in [6.07, 6.45) is 5.37. The number of aliphatic imine (C=N–C) groups is 1. The van der Waals surface area contributed by atoms with Crippen molar-refractivity contribution in [1.29, 1.82) is 0 Å². The van der Waals surface area contributed by atoms with Gasteiger partial charge in [0.05, 0.1) is 0 Å². The Bertz CT molecular complexity index is 894. The zero-order valence-electron chi connectivity index (χ0n) is 18.6. The van der Waals surface area contributed by atoms with Crippen molar-refractivity contribution >= 4 is 41.5 Å². The van der Waals surface area contributed by atoms with Gasteiger partial charge < -0.3 is 20.3 Å². The van der Waals surface area contributed by atoms with Gasteiger partial charge in [0.2, 0.25) is 5.91 Å². The van der Waals surface area contributed by atoms with Crippen LogP contribution in [0, 0.1) is 5.92 Å². The molecule has 2 N–H and O–H groups in total. The summed E-state index contributed by atoms with van der Waals surface area (Å²) in [5, 5.41) is 6.52. The van der Waals surface area contributed by atoms with Crippen molar-refractivity contribution in [2.24, 2.45) is 10.9 Å². The molecule has 1 aliphatic carbocycles. The molecule has 7 heteroatoms. The van der Waals surface area contributed by atoms with Gasteiger partial charge in [-0.1, -0.05) is 36.8 Å². The number of rotatable bonds is 6. The molecule has 0 aromatic heterocycles. The van der Waals surface area contributed by atoms with Crippen LogP contribution in [-0.4, -0.2) is 43.0 Å². The molecule has 1 saturated carbocycles. The summed E-state index contributed by atoms with van der Waals surface area (Å²) >= 11 is 0. The average Bonchev–Trinajstić information content (AvgIpc) is 2.75. The second kappa shape index (κ2) is 12.1. The summed E-state index contributed by atoms with van der Waals surface area (Å²) in [4.78, 5) is 19.0. The number of carbonyl (C=O) groups is 1. The number of para-hydroxylation sites is 1. The Hall–Kier alpha value is -2.29. The number of hydrogen-bond acceptors (Lipinski definition) is 3. The Balaban J connectivity index is 0.00000289. The van der Waals surface area contributed by atoms with Crippen LogP contribution in [0.25, 0.3) is 0 Å². The zero-order chi connectivity index (χ0) is 21.5. The van der Waals surface area contributed by atoms with Crippen LogP contribution in [0.3, 0.4) is 0 Å². The summed E-state index contributed by atoms with van der Waals surface area (Å²) in [5.41, 5.74) is 1.99. The number of ether oxygens (including phenoxy) is 1. The summed E-state index contributed by atoms with van der Waals surface area (Å²) in [6.45, 7) is 2.49. The number of piperidine rings is 1. The van der Waals surface area contributed by atoms with Crippen LogP contribution in [0.15, 0.2) is 59.6 Å². The van der Waals surface area contributed by atoms with Gasteiger partial charge in [0.25, 0.3) is 0 Å². The number of benzene rings is 2. The minimum absolute atomic E-state index is 0. The highest BCUT2D eigenvalue weighted by Gasteiger charge is 2.25. The first-order chi connectivity index (χ1) is 15.2. The monoisotopic (exact) mass is 548 g/mol.